The Balaban J connectivity index is 1.67. The first-order chi connectivity index (χ1) is 19.4. The Kier molecular flexibility index (Phi) is 11.2. The Morgan fingerprint density at radius 3 is 1.73 bits per heavy atom. The summed E-state index contributed by atoms with van der Waals surface area (Å²) in [5, 5.41) is 5.98. The number of anilines is 1. The van der Waals surface area contributed by atoms with E-state index < -0.39 is 0 Å². The third kappa shape index (κ3) is 7.15. The van der Waals surface area contributed by atoms with Crippen molar-refractivity contribution in [1.82, 2.24) is 0 Å². The van der Waals surface area contributed by atoms with Gasteiger partial charge in [-0.15, -0.1) is 0 Å². The second kappa shape index (κ2) is 14.4. The molecule has 0 radical (unpaired) electrons. The van der Waals surface area contributed by atoms with Gasteiger partial charge in [0.15, 0.2) is 5.12 Å². The number of carbonyl (C=O) groups is 2. The molecule has 2 aromatic carbocycles. The third-order valence-corrected chi connectivity index (χ3v) is 11.7. The second-order valence-corrected chi connectivity index (χ2v) is 14.0. The normalized spacial score (nSPS) is 18.8. The van der Waals surface area contributed by atoms with Crippen molar-refractivity contribution in [2.24, 2.45) is 22.7 Å². The molecule has 2 aliphatic carbocycles. The standard InChI is InChI=1S/C36H53NO2S/c1-5-27(6-2)25-35(19-13-9-14-20-35)33(38)37-31-23-29-17-11-12-18-30(29)24-32(31)40-34(39)36(21-15-10-16-22-36)26-28(7-3)8-4/h11-12,17-18,23-24,27-28H,5-10,13-16,19-22,25-26H2,1-4H3,(H,37,38). The van der Waals surface area contributed by atoms with Gasteiger partial charge in [0, 0.05) is 15.7 Å². The number of hydrogen-bond acceptors (Lipinski definition) is 3. The van der Waals surface area contributed by atoms with E-state index in [9.17, 15) is 9.59 Å². The number of benzene rings is 2. The van der Waals surface area contributed by atoms with Gasteiger partial charge in [-0.3, -0.25) is 9.59 Å². The number of nitrogens with one attached hydrogen (secondary N) is 1. The van der Waals surface area contributed by atoms with Crippen LogP contribution >= 0.6 is 11.8 Å². The summed E-state index contributed by atoms with van der Waals surface area (Å²) in [5.41, 5.74) is 0.282. The SMILES string of the molecule is CCC(CC)CC1(C(=O)Nc2cc3ccccc3cc2SC(=O)C2(CC(CC)CC)CCCCC2)CCCCC1. The zero-order valence-corrected chi connectivity index (χ0v) is 26.5. The molecule has 0 heterocycles. The quantitative estimate of drug-likeness (QED) is 0.261. The Morgan fingerprint density at radius 2 is 1.20 bits per heavy atom. The minimum absolute atomic E-state index is 0.174. The lowest BCUT2D eigenvalue weighted by molar-refractivity contribution is -0.128. The first-order valence-electron chi connectivity index (χ1n) is 16.4. The molecule has 0 saturated heterocycles. The lowest BCUT2D eigenvalue weighted by atomic mass is 9.67. The molecule has 0 aliphatic heterocycles. The van der Waals surface area contributed by atoms with Crippen LogP contribution in [0.2, 0.25) is 0 Å². The smallest absolute Gasteiger partial charge is 0.230 e. The first-order valence-corrected chi connectivity index (χ1v) is 17.3. The van der Waals surface area contributed by atoms with Crippen LogP contribution in [0.4, 0.5) is 5.69 Å². The van der Waals surface area contributed by atoms with E-state index in [1.807, 2.05) is 6.07 Å². The predicted octanol–water partition coefficient (Wildman–Crippen LogP) is 11.0. The van der Waals surface area contributed by atoms with E-state index in [0.717, 1.165) is 111 Å². The molecule has 40 heavy (non-hydrogen) atoms. The van der Waals surface area contributed by atoms with Crippen molar-refractivity contribution in [2.45, 2.75) is 135 Å². The molecule has 0 atom stereocenters. The molecular weight excluding hydrogens is 510 g/mol. The fourth-order valence-electron chi connectivity index (χ4n) is 7.60. The lowest BCUT2D eigenvalue weighted by Crippen LogP contribution is -2.39. The molecule has 4 heteroatoms. The van der Waals surface area contributed by atoms with Crippen LogP contribution in [-0.2, 0) is 9.59 Å². The Morgan fingerprint density at radius 1 is 0.725 bits per heavy atom. The first kappa shape index (κ1) is 31.1. The van der Waals surface area contributed by atoms with Gasteiger partial charge in [0.1, 0.15) is 0 Å². The number of carbonyl (C=O) groups excluding carboxylic acids is 2. The zero-order valence-electron chi connectivity index (χ0n) is 25.7. The summed E-state index contributed by atoms with van der Waals surface area (Å²) in [6, 6.07) is 12.6. The minimum Gasteiger partial charge on any atom is -0.325 e. The summed E-state index contributed by atoms with van der Waals surface area (Å²) in [7, 11) is 0. The average molecular weight is 564 g/mol. The summed E-state index contributed by atoms with van der Waals surface area (Å²) in [6.45, 7) is 9.05. The van der Waals surface area contributed by atoms with E-state index >= 15 is 0 Å². The van der Waals surface area contributed by atoms with Crippen molar-refractivity contribution in [2.75, 3.05) is 5.32 Å². The molecule has 1 amide bonds. The van der Waals surface area contributed by atoms with Crippen LogP contribution < -0.4 is 5.32 Å². The van der Waals surface area contributed by atoms with Crippen LogP contribution in [0.1, 0.15) is 130 Å². The molecule has 220 valence electrons. The zero-order chi connectivity index (χ0) is 28.6. The van der Waals surface area contributed by atoms with Crippen LogP contribution in [0.5, 0.6) is 0 Å². The third-order valence-electron chi connectivity index (χ3n) is 10.5. The number of rotatable bonds is 12. The van der Waals surface area contributed by atoms with E-state index in [0.29, 0.717) is 17.0 Å². The summed E-state index contributed by atoms with van der Waals surface area (Å²) < 4.78 is 0. The van der Waals surface area contributed by atoms with Crippen molar-refractivity contribution < 1.29 is 9.59 Å². The number of amides is 1. The Bertz CT molecular complexity index is 1030. The van der Waals surface area contributed by atoms with Gasteiger partial charge in [0.05, 0.1) is 5.69 Å². The monoisotopic (exact) mass is 563 g/mol. The highest BCUT2D eigenvalue weighted by Gasteiger charge is 2.43. The van der Waals surface area contributed by atoms with Gasteiger partial charge in [-0.25, -0.2) is 0 Å². The van der Waals surface area contributed by atoms with Crippen molar-refractivity contribution in [3.8, 4) is 0 Å². The molecule has 2 fully saturated rings. The van der Waals surface area contributed by atoms with Gasteiger partial charge in [-0.1, -0.05) is 116 Å². The maximum absolute atomic E-state index is 14.3. The molecule has 4 rings (SSSR count). The van der Waals surface area contributed by atoms with Crippen LogP contribution in [-0.4, -0.2) is 11.0 Å². The predicted molar refractivity (Wildman–Crippen MR) is 172 cm³/mol. The van der Waals surface area contributed by atoms with Crippen molar-refractivity contribution in [1.29, 1.82) is 0 Å². The largest absolute Gasteiger partial charge is 0.325 e. The fourth-order valence-corrected chi connectivity index (χ4v) is 8.71. The minimum atomic E-state index is -0.299. The fraction of sp³-hybridized carbons (Fsp3) is 0.667. The molecule has 0 bridgehead atoms. The van der Waals surface area contributed by atoms with Gasteiger partial charge in [0.2, 0.25) is 5.91 Å². The summed E-state index contributed by atoms with van der Waals surface area (Å²) in [5.74, 6) is 1.34. The van der Waals surface area contributed by atoms with Gasteiger partial charge in [0.25, 0.3) is 0 Å². The molecule has 2 aliphatic rings. The molecule has 2 aromatic rings. The maximum Gasteiger partial charge on any atom is 0.230 e. The highest BCUT2D eigenvalue weighted by atomic mass is 32.2. The van der Waals surface area contributed by atoms with Crippen LogP contribution in [0.3, 0.4) is 0 Å². The topological polar surface area (TPSA) is 46.2 Å². The molecule has 3 nitrogen and oxygen atoms in total. The molecule has 0 spiro atoms. The Hall–Kier alpha value is -1.81. The van der Waals surface area contributed by atoms with Gasteiger partial charge in [-0.05, 0) is 85.0 Å². The van der Waals surface area contributed by atoms with Crippen molar-refractivity contribution in [3.05, 3.63) is 36.4 Å². The van der Waals surface area contributed by atoms with E-state index in [1.165, 1.54) is 24.6 Å². The van der Waals surface area contributed by atoms with E-state index in [4.69, 9.17) is 0 Å². The second-order valence-electron chi connectivity index (χ2n) is 13.0. The number of thioether (sulfide) groups is 1. The van der Waals surface area contributed by atoms with Gasteiger partial charge >= 0.3 is 0 Å². The van der Waals surface area contributed by atoms with Crippen LogP contribution in [0.15, 0.2) is 41.3 Å². The molecule has 0 unspecified atom stereocenters. The summed E-state index contributed by atoms with van der Waals surface area (Å²) in [4.78, 5) is 29.4. The van der Waals surface area contributed by atoms with Gasteiger partial charge < -0.3 is 5.32 Å². The molecule has 1 N–H and O–H groups in total. The van der Waals surface area contributed by atoms with E-state index in [-0.39, 0.29) is 16.7 Å². The lowest BCUT2D eigenvalue weighted by Gasteiger charge is -2.39. The average Bonchev–Trinajstić information content (AvgIpc) is 2.99. The highest BCUT2D eigenvalue weighted by molar-refractivity contribution is 8.13. The summed E-state index contributed by atoms with van der Waals surface area (Å²) >= 11 is 1.41. The number of fused-ring (bicyclic) bond motifs is 1. The van der Waals surface area contributed by atoms with Gasteiger partial charge in [-0.2, -0.15) is 0 Å². The maximum atomic E-state index is 14.3. The van der Waals surface area contributed by atoms with E-state index in [1.54, 1.807) is 0 Å². The highest BCUT2D eigenvalue weighted by Crippen LogP contribution is 2.49. The Labute approximate surface area is 248 Å². The number of hydrogen-bond donors (Lipinski definition) is 1. The molecule has 0 aromatic heterocycles. The van der Waals surface area contributed by atoms with Crippen LogP contribution in [0.25, 0.3) is 10.8 Å². The van der Waals surface area contributed by atoms with Crippen LogP contribution in [0, 0.1) is 22.7 Å². The molecule has 2 saturated carbocycles. The molecular formula is C36H53NO2S. The van der Waals surface area contributed by atoms with E-state index in [2.05, 4.69) is 63.3 Å². The van der Waals surface area contributed by atoms with Crippen molar-refractivity contribution in [3.63, 3.8) is 0 Å². The van der Waals surface area contributed by atoms with Crippen molar-refractivity contribution >= 4 is 39.2 Å². The summed E-state index contributed by atoms with van der Waals surface area (Å²) in [6.07, 6.45) is 17.4.